The summed E-state index contributed by atoms with van der Waals surface area (Å²) in [6, 6.07) is 3.80. The van der Waals surface area contributed by atoms with E-state index in [0.29, 0.717) is 22.7 Å². The lowest BCUT2D eigenvalue weighted by Crippen LogP contribution is -2.39. The van der Waals surface area contributed by atoms with Gasteiger partial charge >= 0.3 is 0 Å². The van der Waals surface area contributed by atoms with Crippen molar-refractivity contribution in [3.8, 4) is 0 Å². The van der Waals surface area contributed by atoms with E-state index in [1.807, 2.05) is 4.90 Å². The monoisotopic (exact) mass is 264 g/mol. The smallest absolute Gasteiger partial charge is 0.272 e. The third-order valence-corrected chi connectivity index (χ3v) is 4.45. The third-order valence-electron chi connectivity index (χ3n) is 4.21. The molecule has 3 rings (SSSR count). The normalized spacial score (nSPS) is 27.1. The van der Waals surface area contributed by atoms with Gasteiger partial charge in [-0.15, -0.1) is 0 Å². The van der Waals surface area contributed by atoms with Gasteiger partial charge in [0.25, 0.3) is 5.91 Å². The molecule has 1 aliphatic heterocycles. The third kappa shape index (κ3) is 2.12. The molecule has 0 aromatic carbocycles. The number of amides is 1. The van der Waals surface area contributed by atoms with Gasteiger partial charge in [0.05, 0.1) is 0 Å². The highest BCUT2D eigenvalue weighted by Crippen LogP contribution is 2.36. The number of hydrogen-bond acceptors (Lipinski definition) is 2. The summed E-state index contributed by atoms with van der Waals surface area (Å²) < 4.78 is 0. The van der Waals surface area contributed by atoms with Crippen LogP contribution in [0.2, 0.25) is 5.02 Å². The Labute approximate surface area is 112 Å². The summed E-state index contributed by atoms with van der Waals surface area (Å²) in [6.07, 6.45) is 7.74. The van der Waals surface area contributed by atoms with Crippen molar-refractivity contribution in [1.29, 1.82) is 0 Å². The molecule has 2 unspecified atom stereocenters. The molecule has 1 aromatic rings. The second-order valence-corrected chi connectivity index (χ2v) is 5.69. The van der Waals surface area contributed by atoms with Gasteiger partial charge in [-0.1, -0.05) is 24.4 Å². The van der Waals surface area contributed by atoms with Crippen LogP contribution in [0, 0.1) is 5.92 Å². The maximum atomic E-state index is 12.5. The fraction of sp³-hybridized carbons (Fsp3) is 0.571. The lowest BCUT2D eigenvalue weighted by atomic mass is 9.85. The molecule has 1 saturated carbocycles. The quantitative estimate of drug-likeness (QED) is 0.781. The number of rotatable bonds is 1. The number of nitrogens with zero attached hydrogens (tertiary/aromatic N) is 2. The fourth-order valence-electron chi connectivity index (χ4n) is 3.33. The summed E-state index contributed by atoms with van der Waals surface area (Å²) in [7, 11) is 0. The molecule has 2 aliphatic rings. The van der Waals surface area contributed by atoms with Crippen LogP contribution in [-0.2, 0) is 0 Å². The summed E-state index contributed by atoms with van der Waals surface area (Å²) in [6.45, 7) is 0.877. The second-order valence-electron chi connectivity index (χ2n) is 5.26. The fourth-order valence-corrected chi connectivity index (χ4v) is 3.49. The zero-order chi connectivity index (χ0) is 12.5. The van der Waals surface area contributed by atoms with E-state index in [-0.39, 0.29) is 5.91 Å². The van der Waals surface area contributed by atoms with Crippen molar-refractivity contribution in [3.05, 3.63) is 29.0 Å². The maximum Gasteiger partial charge on any atom is 0.272 e. The van der Waals surface area contributed by atoms with Gasteiger partial charge in [-0.25, -0.2) is 0 Å². The van der Waals surface area contributed by atoms with Crippen LogP contribution in [0.5, 0.6) is 0 Å². The van der Waals surface area contributed by atoms with Gasteiger partial charge in [0.2, 0.25) is 0 Å². The Kier molecular flexibility index (Phi) is 3.25. The zero-order valence-electron chi connectivity index (χ0n) is 10.3. The molecule has 18 heavy (non-hydrogen) atoms. The average molecular weight is 265 g/mol. The summed E-state index contributed by atoms with van der Waals surface area (Å²) in [4.78, 5) is 18.6. The van der Waals surface area contributed by atoms with Crippen LogP contribution in [0.3, 0.4) is 0 Å². The van der Waals surface area contributed by atoms with Crippen LogP contribution < -0.4 is 0 Å². The highest BCUT2D eigenvalue weighted by Gasteiger charge is 2.38. The number of carbonyl (C=O) groups is 1. The number of carbonyl (C=O) groups excluding carboxylic acids is 1. The van der Waals surface area contributed by atoms with Crippen molar-refractivity contribution in [3.63, 3.8) is 0 Å². The largest absolute Gasteiger partial charge is 0.334 e. The van der Waals surface area contributed by atoms with Crippen LogP contribution in [0.4, 0.5) is 0 Å². The van der Waals surface area contributed by atoms with Gasteiger partial charge in [0.1, 0.15) is 5.69 Å². The molecule has 1 saturated heterocycles. The standard InChI is InChI=1S/C14H17ClN2O/c15-11-5-7-16-12(9-11)14(18)17-8-6-10-3-1-2-4-13(10)17/h5,7,9-10,13H,1-4,6,8H2. The summed E-state index contributed by atoms with van der Waals surface area (Å²) in [5.41, 5.74) is 0.480. The molecule has 3 nitrogen and oxygen atoms in total. The second kappa shape index (κ2) is 4.88. The number of pyridine rings is 1. The van der Waals surface area contributed by atoms with Crippen LogP contribution in [0.15, 0.2) is 18.3 Å². The van der Waals surface area contributed by atoms with E-state index >= 15 is 0 Å². The van der Waals surface area contributed by atoms with E-state index < -0.39 is 0 Å². The van der Waals surface area contributed by atoms with E-state index in [0.717, 1.165) is 19.4 Å². The Hall–Kier alpha value is -1.09. The van der Waals surface area contributed by atoms with Crippen LogP contribution in [-0.4, -0.2) is 28.4 Å². The van der Waals surface area contributed by atoms with Gasteiger partial charge in [-0.2, -0.15) is 0 Å². The molecule has 2 fully saturated rings. The van der Waals surface area contributed by atoms with Crippen molar-refractivity contribution in [1.82, 2.24) is 9.88 Å². The molecule has 96 valence electrons. The van der Waals surface area contributed by atoms with Gasteiger partial charge in [0.15, 0.2) is 0 Å². The predicted molar refractivity (Wildman–Crippen MR) is 70.6 cm³/mol. The minimum Gasteiger partial charge on any atom is -0.334 e. The number of aromatic nitrogens is 1. The average Bonchev–Trinajstić information content (AvgIpc) is 2.82. The first kappa shape index (κ1) is 12.0. The maximum absolute atomic E-state index is 12.5. The topological polar surface area (TPSA) is 33.2 Å². The minimum absolute atomic E-state index is 0.0481. The molecular formula is C14H17ClN2O. The lowest BCUT2D eigenvalue weighted by Gasteiger charge is -2.31. The number of likely N-dealkylation sites (tertiary alicyclic amines) is 1. The van der Waals surface area contributed by atoms with Gasteiger partial charge < -0.3 is 4.90 Å². The molecule has 4 heteroatoms. The molecule has 0 bridgehead atoms. The molecule has 1 aromatic heterocycles. The molecule has 2 heterocycles. The van der Waals surface area contributed by atoms with Crippen molar-refractivity contribution in [2.75, 3.05) is 6.54 Å². The Balaban J connectivity index is 1.80. The SMILES string of the molecule is O=C(c1cc(Cl)ccn1)N1CCC2CCCCC21. The first-order chi connectivity index (χ1) is 8.75. The summed E-state index contributed by atoms with van der Waals surface area (Å²) >= 11 is 5.92. The molecule has 0 radical (unpaired) electrons. The predicted octanol–water partition coefficient (Wildman–Crippen LogP) is 3.14. The van der Waals surface area contributed by atoms with Crippen LogP contribution >= 0.6 is 11.6 Å². The Morgan fingerprint density at radius 2 is 2.17 bits per heavy atom. The van der Waals surface area contributed by atoms with E-state index in [2.05, 4.69) is 4.98 Å². The Bertz CT molecular complexity index is 463. The Morgan fingerprint density at radius 3 is 3.00 bits per heavy atom. The van der Waals surface area contributed by atoms with E-state index in [9.17, 15) is 4.79 Å². The van der Waals surface area contributed by atoms with Crippen molar-refractivity contribution in [2.45, 2.75) is 38.1 Å². The molecule has 0 N–H and O–H groups in total. The van der Waals surface area contributed by atoms with Crippen molar-refractivity contribution >= 4 is 17.5 Å². The van der Waals surface area contributed by atoms with Crippen LogP contribution in [0.1, 0.15) is 42.6 Å². The van der Waals surface area contributed by atoms with Crippen LogP contribution in [0.25, 0.3) is 0 Å². The van der Waals surface area contributed by atoms with Gasteiger partial charge in [-0.3, -0.25) is 9.78 Å². The summed E-state index contributed by atoms with van der Waals surface area (Å²) in [5, 5.41) is 0.577. The Morgan fingerprint density at radius 1 is 1.33 bits per heavy atom. The first-order valence-electron chi connectivity index (χ1n) is 6.68. The minimum atomic E-state index is 0.0481. The first-order valence-corrected chi connectivity index (χ1v) is 7.06. The highest BCUT2D eigenvalue weighted by atomic mass is 35.5. The summed E-state index contributed by atoms with van der Waals surface area (Å²) in [5.74, 6) is 0.758. The highest BCUT2D eigenvalue weighted by molar-refractivity contribution is 6.30. The molecular weight excluding hydrogens is 248 g/mol. The molecule has 0 spiro atoms. The number of halogens is 1. The molecule has 1 amide bonds. The van der Waals surface area contributed by atoms with Gasteiger partial charge in [0, 0.05) is 23.8 Å². The zero-order valence-corrected chi connectivity index (χ0v) is 11.1. The van der Waals surface area contributed by atoms with E-state index in [1.165, 1.54) is 19.3 Å². The number of hydrogen-bond donors (Lipinski definition) is 0. The molecule has 2 atom stereocenters. The molecule has 1 aliphatic carbocycles. The van der Waals surface area contributed by atoms with Crippen molar-refractivity contribution < 1.29 is 4.79 Å². The lowest BCUT2D eigenvalue weighted by molar-refractivity contribution is 0.0684. The van der Waals surface area contributed by atoms with E-state index in [1.54, 1.807) is 18.3 Å². The van der Waals surface area contributed by atoms with Gasteiger partial charge in [-0.05, 0) is 37.3 Å². The van der Waals surface area contributed by atoms with Crippen molar-refractivity contribution in [2.24, 2.45) is 5.92 Å². The number of fused-ring (bicyclic) bond motifs is 1. The van der Waals surface area contributed by atoms with E-state index in [4.69, 9.17) is 11.6 Å².